The van der Waals surface area contributed by atoms with E-state index in [9.17, 15) is 4.79 Å². The van der Waals surface area contributed by atoms with Crippen molar-refractivity contribution in [2.75, 3.05) is 6.61 Å². The van der Waals surface area contributed by atoms with Gasteiger partial charge in [-0.3, -0.25) is 4.79 Å². The number of hydrogen-bond acceptors (Lipinski definition) is 3. The van der Waals surface area contributed by atoms with E-state index >= 15 is 0 Å². The largest absolute Gasteiger partial charge is 0.482 e. The van der Waals surface area contributed by atoms with Crippen LogP contribution in [0, 0.1) is 0 Å². The number of hydrazone groups is 1. The van der Waals surface area contributed by atoms with Crippen LogP contribution in [-0.2, 0) is 9.53 Å². The third-order valence-corrected chi connectivity index (χ3v) is 0.421. The van der Waals surface area contributed by atoms with Gasteiger partial charge in [-0.1, -0.05) is 0 Å². The zero-order chi connectivity index (χ0) is 6.24. The van der Waals surface area contributed by atoms with Crippen LogP contribution in [-0.4, -0.2) is 19.4 Å². The second kappa shape index (κ2) is 5.94. The highest BCUT2D eigenvalue weighted by Gasteiger charge is 1.67. The van der Waals surface area contributed by atoms with Crippen LogP contribution in [0.15, 0.2) is 5.10 Å². The van der Waals surface area contributed by atoms with Crippen molar-refractivity contribution in [3.8, 4) is 0 Å². The summed E-state index contributed by atoms with van der Waals surface area (Å²) in [6.45, 7) is 2.39. The van der Waals surface area contributed by atoms with Crippen LogP contribution in [0.25, 0.3) is 0 Å². The number of amides is 1. The van der Waals surface area contributed by atoms with E-state index in [0.29, 0.717) is 13.0 Å². The molecule has 0 aromatic carbocycles. The van der Waals surface area contributed by atoms with E-state index in [1.165, 1.54) is 6.40 Å². The molecule has 0 bridgehead atoms. The predicted molar refractivity (Wildman–Crippen MR) is 29.3 cm³/mol. The Morgan fingerprint density at radius 1 is 1.88 bits per heavy atom. The Kier molecular flexibility index (Phi) is 5.15. The minimum Gasteiger partial charge on any atom is -0.482 e. The fourth-order valence-electron chi connectivity index (χ4n) is 0.173. The summed E-state index contributed by atoms with van der Waals surface area (Å²) in [6.07, 6.45) is 1.64. The molecule has 0 aliphatic rings. The van der Waals surface area contributed by atoms with Gasteiger partial charge < -0.3 is 4.74 Å². The molecule has 0 aliphatic heterocycles. The maximum atomic E-state index is 9.49. The van der Waals surface area contributed by atoms with Crippen molar-refractivity contribution < 1.29 is 9.53 Å². The molecule has 0 unspecified atom stereocenters. The molecule has 0 saturated heterocycles. The first-order valence-electron chi connectivity index (χ1n) is 2.24. The number of hydrogen-bond donors (Lipinski definition) is 1. The highest BCUT2D eigenvalue weighted by molar-refractivity contribution is 5.51. The number of ether oxygens (including phenoxy) is 1. The van der Waals surface area contributed by atoms with Crippen LogP contribution in [0.2, 0.25) is 0 Å². The van der Waals surface area contributed by atoms with Crippen LogP contribution in [0.3, 0.4) is 0 Å². The summed E-state index contributed by atoms with van der Waals surface area (Å²) in [5, 5.41) is 3.31. The van der Waals surface area contributed by atoms with Gasteiger partial charge in [0.1, 0.15) is 0 Å². The van der Waals surface area contributed by atoms with Crippen LogP contribution < -0.4 is 5.43 Å². The molecular formula is C4H8N2O2. The molecule has 0 spiro atoms. The molecule has 1 amide bonds. The third kappa shape index (κ3) is 4.94. The molecule has 0 atom stereocenters. The highest BCUT2D eigenvalue weighted by atomic mass is 16.5. The zero-order valence-electron chi connectivity index (χ0n) is 4.63. The lowest BCUT2D eigenvalue weighted by atomic mass is 10.9. The first kappa shape index (κ1) is 6.94. The van der Waals surface area contributed by atoms with Gasteiger partial charge in [0.15, 0.2) is 6.40 Å². The number of carbonyl (C=O) groups is 1. The summed E-state index contributed by atoms with van der Waals surface area (Å²) in [6, 6.07) is 0. The summed E-state index contributed by atoms with van der Waals surface area (Å²) in [5.74, 6) is 0. The zero-order valence-corrected chi connectivity index (χ0v) is 4.63. The van der Waals surface area contributed by atoms with Crippen LogP contribution in [0.1, 0.15) is 6.92 Å². The minimum atomic E-state index is 0.468. The quantitative estimate of drug-likeness (QED) is 0.237. The topological polar surface area (TPSA) is 50.7 Å². The van der Waals surface area contributed by atoms with E-state index in [1.807, 2.05) is 12.3 Å². The highest BCUT2D eigenvalue weighted by Crippen LogP contribution is 1.61. The Labute approximate surface area is 47.5 Å². The second-order valence-corrected chi connectivity index (χ2v) is 0.937. The molecule has 4 heteroatoms. The standard InChI is InChI=1S/C4H8N2O2/c1-2-8-4-6-5-3-7/h3-4H,2H2,1H3,(H,5,7)/b6-4+. The monoisotopic (exact) mass is 116 g/mol. The van der Waals surface area contributed by atoms with Crippen molar-refractivity contribution in [3.05, 3.63) is 0 Å². The van der Waals surface area contributed by atoms with E-state index < -0.39 is 0 Å². The van der Waals surface area contributed by atoms with Crippen molar-refractivity contribution >= 4 is 12.8 Å². The van der Waals surface area contributed by atoms with Crippen LogP contribution in [0.5, 0.6) is 0 Å². The van der Waals surface area contributed by atoms with E-state index in [-0.39, 0.29) is 0 Å². The van der Waals surface area contributed by atoms with Gasteiger partial charge in [0, 0.05) is 0 Å². The van der Waals surface area contributed by atoms with Gasteiger partial charge >= 0.3 is 0 Å². The Morgan fingerprint density at radius 3 is 3.12 bits per heavy atom. The maximum absolute atomic E-state index is 9.49. The smallest absolute Gasteiger partial charge is 0.227 e. The number of carbonyl (C=O) groups excluding carboxylic acids is 1. The Hall–Kier alpha value is -1.06. The van der Waals surface area contributed by atoms with Gasteiger partial charge in [0.05, 0.1) is 6.61 Å². The predicted octanol–water partition coefficient (Wildman–Crippen LogP) is -0.288. The number of nitrogens with zero attached hydrogens (tertiary/aromatic N) is 1. The molecule has 1 N–H and O–H groups in total. The summed E-state index contributed by atoms with van der Waals surface area (Å²) in [4.78, 5) is 9.49. The van der Waals surface area contributed by atoms with E-state index in [1.54, 1.807) is 0 Å². The molecule has 0 radical (unpaired) electrons. The molecule has 46 valence electrons. The lowest BCUT2D eigenvalue weighted by Crippen LogP contribution is -2.01. The Bertz CT molecular complexity index is 82.1. The molecule has 0 saturated carbocycles. The molecule has 0 aromatic rings. The van der Waals surface area contributed by atoms with E-state index in [4.69, 9.17) is 0 Å². The summed E-state index contributed by atoms with van der Waals surface area (Å²) in [7, 11) is 0. The molecule has 0 aliphatic carbocycles. The third-order valence-electron chi connectivity index (χ3n) is 0.421. The molecule has 0 rings (SSSR count). The van der Waals surface area contributed by atoms with Gasteiger partial charge in [-0.25, -0.2) is 5.43 Å². The first-order chi connectivity index (χ1) is 3.91. The summed E-state index contributed by atoms with van der Waals surface area (Å²) < 4.78 is 4.62. The van der Waals surface area contributed by atoms with Gasteiger partial charge in [-0.05, 0) is 6.92 Å². The number of nitrogens with one attached hydrogen (secondary N) is 1. The van der Waals surface area contributed by atoms with Crippen molar-refractivity contribution in [1.29, 1.82) is 0 Å². The lowest BCUT2D eigenvalue weighted by Gasteiger charge is -1.88. The van der Waals surface area contributed by atoms with Gasteiger partial charge in [-0.2, -0.15) is 0 Å². The normalized spacial score (nSPS) is 9.12. The van der Waals surface area contributed by atoms with Gasteiger partial charge in [-0.15, -0.1) is 5.10 Å². The molecular weight excluding hydrogens is 108 g/mol. The molecule has 0 aromatic heterocycles. The van der Waals surface area contributed by atoms with E-state index in [0.717, 1.165) is 0 Å². The molecule has 0 heterocycles. The van der Waals surface area contributed by atoms with Crippen molar-refractivity contribution in [2.45, 2.75) is 6.92 Å². The van der Waals surface area contributed by atoms with E-state index in [2.05, 4.69) is 9.84 Å². The summed E-state index contributed by atoms with van der Waals surface area (Å²) >= 11 is 0. The fourth-order valence-corrected chi connectivity index (χ4v) is 0.173. The minimum absolute atomic E-state index is 0.468. The number of rotatable bonds is 4. The van der Waals surface area contributed by atoms with Crippen LogP contribution >= 0.6 is 0 Å². The lowest BCUT2D eigenvalue weighted by molar-refractivity contribution is -0.109. The van der Waals surface area contributed by atoms with Crippen LogP contribution in [0.4, 0.5) is 0 Å². The molecule has 0 fully saturated rings. The average Bonchev–Trinajstić information content (AvgIpc) is 1.81. The fraction of sp³-hybridized carbons (Fsp3) is 0.500. The maximum Gasteiger partial charge on any atom is 0.227 e. The van der Waals surface area contributed by atoms with Crippen molar-refractivity contribution in [2.24, 2.45) is 5.10 Å². The Balaban J connectivity index is 2.94. The average molecular weight is 116 g/mol. The molecule has 4 nitrogen and oxygen atoms in total. The first-order valence-corrected chi connectivity index (χ1v) is 2.24. The molecule has 8 heavy (non-hydrogen) atoms. The second-order valence-electron chi connectivity index (χ2n) is 0.937. The van der Waals surface area contributed by atoms with Crippen molar-refractivity contribution in [1.82, 2.24) is 5.43 Å². The van der Waals surface area contributed by atoms with Crippen molar-refractivity contribution in [3.63, 3.8) is 0 Å². The Morgan fingerprint density at radius 2 is 2.62 bits per heavy atom. The SMILES string of the molecule is CCO/C=N/NC=O. The van der Waals surface area contributed by atoms with Gasteiger partial charge in [0.25, 0.3) is 0 Å². The van der Waals surface area contributed by atoms with Gasteiger partial charge in [0.2, 0.25) is 6.41 Å². The summed E-state index contributed by atoms with van der Waals surface area (Å²) in [5.41, 5.74) is 2.05.